The molecular weight excluding hydrogens is 242 g/mol. The van der Waals surface area contributed by atoms with Crippen molar-refractivity contribution >= 4 is 22.7 Å². The van der Waals surface area contributed by atoms with Crippen molar-refractivity contribution in [3.05, 3.63) is 39.8 Å². The Balaban J connectivity index is 1.97. The van der Waals surface area contributed by atoms with Crippen LogP contribution in [0, 0.1) is 13.8 Å². The molecule has 96 valence electrons. The summed E-state index contributed by atoms with van der Waals surface area (Å²) >= 11 is 1.76. The molecule has 2 rings (SSSR count). The highest BCUT2D eigenvalue weighted by molar-refractivity contribution is 7.11. The average Bonchev–Trinajstić information content (AvgIpc) is 2.67. The molecule has 0 spiro atoms. The second kappa shape index (κ2) is 5.40. The van der Waals surface area contributed by atoms with Gasteiger partial charge < -0.3 is 10.2 Å². The fourth-order valence-electron chi connectivity index (χ4n) is 1.67. The largest absolute Gasteiger partial charge is 0.379 e. The zero-order valence-electron chi connectivity index (χ0n) is 11.3. The molecular formula is C14H19N3S. The van der Waals surface area contributed by atoms with Crippen LogP contribution in [0.15, 0.2) is 24.3 Å². The lowest BCUT2D eigenvalue weighted by Crippen LogP contribution is -2.08. The highest BCUT2D eigenvalue weighted by atomic mass is 32.1. The number of nitrogens with zero attached hydrogens (tertiary/aromatic N) is 2. The molecule has 2 aromatic rings. The summed E-state index contributed by atoms with van der Waals surface area (Å²) in [6, 6.07) is 8.42. The highest BCUT2D eigenvalue weighted by Gasteiger charge is 2.03. The number of rotatable bonds is 4. The minimum Gasteiger partial charge on any atom is -0.379 e. The van der Waals surface area contributed by atoms with Crippen molar-refractivity contribution < 1.29 is 0 Å². The van der Waals surface area contributed by atoms with Gasteiger partial charge in [-0.15, -0.1) is 11.3 Å². The maximum atomic E-state index is 4.52. The van der Waals surface area contributed by atoms with Crippen molar-refractivity contribution in [1.29, 1.82) is 0 Å². The first-order valence-electron chi connectivity index (χ1n) is 6.00. The maximum Gasteiger partial charge on any atom is 0.112 e. The SMILES string of the molecule is Cc1nc(CNc2ccc(N(C)C)cc2)sc1C. The number of anilines is 2. The molecule has 1 aromatic carbocycles. The minimum atomic E-state index is 0.792. The summed E-state index contributed by atoms with van der Waals surface area (Å²) in [4.78, 5) is 7.91. The Kier molecular flexibility index (Phi) is 3.87. The van der Waals surface area contributed by atoms with Crippen LogP contribution in [0.5, 0.6) is 0 Å². The molecule has 0 atom stereocenters. The Morgan fingerprint density at radius 1 is 1.17 bits per heavy atom. The van der Waals surface area contributed by atoms with E-state index >= 15 is 0 Å². The normalized spacial score (nSPS) is 10.4. The molecule has 0 aliphatic heterocycles. The lowest BCUT2D eigenvalue weighted by molar-refractivity contribution is 1.07. The zero-order valence-corrected chi connectivity index (χ0v) is 12.1. The maximum absolute atomic E-state index is 4.52. The van der Waals surface area contributed by atoms with Gasteiger partial charge in [0, 0.05) is 30.3 Å². The Labute approximate surface area is 112 Å². The van der Waals surface area contributed by atoms with Gasteiger partial charge in [0.1, 0.15) is 5.01 Å². The van der Waals surface area contributed by atoms with Crippen LogP contribution in [0.2, 0.25) is 0 Å². The highest BCUT2D eigenvalue weighted by Crippen LogP contribution is 2.19. The third kappa shape index (κ3) is 3.01. The van der Waals surface area contributed by atoms with E-state index in [0.717, 1.165) is 22.9 Å². The van der Waals surface area contributed by atoms with Crippen molar-refractivity contribution in [2.45, 2.75) is 20.4 Å². The summed E-state index contributed by atoms with van der Waals surface area (Å²) in [5, 5.41) is 4.54. The Hall–Kier alpha value is -1.55. The Morgan fingerprint density at radius 3 is 2.33 bits per heavy atom. The molecule has 4 heteroatoms. The third-order valence-electron chi connectivity index (χ3n) is 2.90. The van der Waals surface area contributed by atoms with Gasteiger partial charge >= 0.3 is 0 Å². The lowest BCUT2D eigenvalue weighted by atomic mass is 10.2. The first-order chi connectivity index (χ1) is 8.56. The zero-order chi connectivity index (χ0) is 13.1. The second-order valence-electron chi connectivity index (χ2n) is 4.54. The summed E-state index contributed by atoms with van der Waals surface area (Å²) in [6.07, 6.45) is 0. The van der Waals surface area contributed by atoms with E-state index in [2.05, 4.69) is 53.3 Å². The van der Waals surface area contributed by atoms with Gasteiger partial charge in [0.2, 0.25) is 0 Å². The fraction of sp³-hybridized carbons (Fsp3) is 0.357. The van der Waals surface area contributed by atoms with Gasteiger partial charge in [-0.1, -0.05) is 0 Å². The quantitative estimate of drug-likeness (QED) is 0.914. The second-order valence-corrected chi connectivity index (χ2v) is 5.83. The van der Waals surface area contributed by atoms with Gasteiger partial charge in [0.25, 0.3) is 0 Å². The third-order valence-corrected chi connectivity index (χ3v) is 3.97. The van der Waals surface area contributed by atoms with Crippen molar-refractivity contribution in [3.8, 4) is 0 Å². The smallest absolute Gasteiger partial charge is 0.112 e. The summed E-state index contributed by atoms with van der Waals surface area (Å²) in [5.74, 6) is 0. The Bertz CT molecular complexity index is 495. The molecule has 0 amide bonds. The van der Waals surface area contributed by atoms with Crippen LogP contribution >= 0.6 is 11.3 Å². The molecule has 1 heterocycles. The molecule has 0 fully saturated rings. The van der Waals surface area contributed by atoms with E-state index in [4.69, 9.17) is 0 Å². The van der Waals surface area contributed by atoms with Gasteiger partial charge in [-0.2, -0.15) is 0 Å². The van der Waals surface area contributed by atoms with Gasteiger partial charge in [-0.05, 0) is 38.1 Å². The van der Waals surface area contributed by atoms with Crippen LogP contribution < -0.4 is 10.2 Å². The minimum absolute atomic E-state index is 0.792. The van der Waals surface area contributed by atoms with E-state index in [9.17, 15) is 0 Å². The fourth-order valence-corrected chi connectivity index (χ4v) is 2.54. The molecule has 0 bridgehead atoms. The van der Waals surface area contributed by atoms with Gasteiger partial charge in [0.05, 0.1) is 12.2 Å². The molecule has 3 nitrogen and oxygen atoms in total. The molecule has 1 N–H and O–H groups in total. The number of aromatic nitrogens is 1. The van der Waals surface area contributed by atoms with E-state index in [1.165, 1.54) is 10.6 Å². The monoisotopic (exact) mass is 261 g/mol. The van der Waals surface area contributed by atoms with E-state index in [-0.39, 0.29) is 0 Å². The first kappa shape index (κ1) is 12.9. The van der Waals surface area contributed by atoms with E-state index in [1.807, 2.05) is 14.1 Å². The average molecular weight is 261 g/mol. The number of nitrogens with one attached hydrogen (secondary N) is 1. The molecule has 0 aliphatic rings. The summed E-state index contributed by atoms with van der Waals surface area (Å²) in [5.41, 5.74) is 3.48. The predicted octanol–water partition coefficient (Wildman–Crippen LogP) is 3.44. The van der Waals surface area contributed by atoms with Crippen molar-refractivity contribution in [3.63, 3.8) is 0 Å². The summed E-state index contributed by atoms with van der Waals surface area (Å²) in [7, 11) is 4.09. The van der Waals surface area contributed by atoms with Gasteiger partial charge in [-0.3, -0.25) is 0 Å². The molecule has 0 unspecified atom stereocenters. The first-order valence-corrected chi connectivity index (χ1v) is 6.82. The number of hydrogen-bond acceptors (Lipinski definition) is 4. The van der Waals surface area contributed by atoms with Crippen LogP contribution in [-0.2, 0) is 6.54 Å². The van der Waals surface area contributed by atoms with Crippen LogP contribution in [0.4, 0.5) is 11.4 Å². The van der Waals surface area contributed by atoms with Gasteiger partial charge in [-0.25, -0.2) is 4.98 Å². The summed E-state index contributed by atoms with van der Waals surface area (Å²) in [6.45, 7) is 4.96. The number of benzene rings is 1. The molecule has 0 saturated carbocycles. The predicted molar refractivity (Wildman–Crippen MR) is 79.7 cm³/mol. The van der Waals surface area contributed by atoms with Crippen molar-refractivity contribution in [2.24, 2.45) is 0 Å². The summed E-state index contributed by atoms with van der Waals surface area (Å²) < 4.78 is 0. The number of aryl methyl sites for hydroxylation is 2. The van der Waals surface area contributed by atoms with Crippen LogP contribution in [0.1, 0.15) is 15.6 Å². The van der Waals surface area contributed by atoms with E-state index in [1.54, 1.807) is 11.3 Å². The van der Waals surface area contributed by atoms with Crippen LogP contribution in [-0.4, -0.2) is 19.1 Å². The molecule has 1 aromatic heterocycles. The standard InChI is InChI=1S/C14H19N3S/c1-10-11(2)18-14(16-10)9-15-12-5-7-13(8-6-12)17(3)4/h5-8,15H,9H2,1-4H3. The molecule has 18 heavy (non-hydrogen) atoms. The van der Waals surface area contributed by atoms with Crippen LogP contribution in [0.25, 0.3) is 0 Å². The van der Waals surface area contributed by atoms with Crippen LogP contribution in [0.3, 0.4) is 0 Å². The number of thiazole rings is 1. The van der Waals surface area contributed by atoms with E-state index < -0.39 is 0 Å². The molecule has 0 aliphatic carbocycles. The number of hydrogen-bond donors (Lipinski definition) is 1. The molecule has 0 radical (unpaired) electrons. The Morgan fingerprint density at radius 2 is 1.83 bits per heavy atom. The molecule has 0 saturated heterocycles. The van der Waals surface area contributed by atoms with Gasteiger partial charge in [0.15, 0.2) is 0 Å². The van der Waals surface area contributed by atoms with E-state index in [0.29, 0.717) is 0 Å². The van der Waals surface area contributed by atoms with Crippen molar-refractivity contribution in [2.75, 3.05) is 24.3 Å². The lowest BCUT2D eigenvalue weighted by Gasteiger charge is -2.13. The topological polar surface area (TPSA) is 28.2 Å². The van der Waals surface area contributed by atoms with Crippen molar-refractivity contribution in [1.82, 2.24) is 4.98 Å².